The van der Waals surface area contributed by atoms with E-state index in [9.17, 15) is 4.79 Å². The molecule has 0 unspecified atom stereocenters. The van der Waals surface area contributed by atoms with Gasteiger partial charge in [-0.1, -0.05) is 24.2 Å². The van der Waals surface area contributed by atoms with E-state index < -0.39 is 5.91 Å². The van der Waals surface area contributed by atoms with E-state index >= 15 is 0 Å². The number of hydrogen-bond donors (Lipinski definition) is 3. The normalized spacial score (nSPS) is 18.2. The molecule has 2 aromatic heterocycles. The lowest BCUT2D eigenvalue weighted by atomic mass is 9.88. The quantitative estimate of drug-likeness (QED) is 0.515. The van der Waals surface area contributed by atoms with Crippen molar-refractivity contribution in [2.75, 3.05) is 25.4 Å². The monoisotopic (exact) mass is 492 g/mol. The highest BCUT2D eigenvalue weighted by molar-refractivity contribution is 6.29. The predicted molar refractivity (Wildman–Crippen MR) is 139 cm³/mol. The van der Waals surface area contributed by atoms with E-state index in [4.69, 9.17) is 17.3 Å². The molecular weight excluding hydrogens is 464 g/mol. The van der Waals surface area contributed by atoms with Crippen LogP contribution in [0, 0.1) is 13.8 Å². The van der Waals surface area contributed by atoms with E-state index in [-0.39, 0.29) is 22.2 Å². The van der Waals surface area contributed by atoms with Gasteiger partial charge in [0.1, 0.15) is 5.15 Å². The number of nitrogen functional groups attached to an aromatic ring is 1. The van der Waals surface area contributed by atoms with Crippen LogP contribution in [0.4, 0.5) is 5.82 Å². The van der Waals surface area contributed by atoms with E-state index in [0.29, 0.717) is 12.5 Å². The second-order valence-corrected chi connectivity index (χ2v) is 9.77. The SMILES string of the molecule is C=C(c1ccc2c(c1)c(C)c(C)n2C)N1CCC2(CC1)CN/C(=N\C(=O)c1nc(Cl)cnc1N)N2. The van der Waals surface area contributed by atoms with Crippen molar-refractivity contribution < 1.29 is 4.79 Å². The minimum atomic E-state index is -0.586. The summed E-state index contributed by atoms with van der Waals surface area (Å²) >= 11 is 5.85. The van der Waals surface area contributed by atoms with Gasteiger partial charge >= 0.3 is 5.91 Å². The molecule has 0 bridgehead atoms. The Morgan fingerprint density at radius 1 is 1.29 bits per heavy atom. The third-order valence-electron chi connectivity index (χ3n) is 7.41. The zero-order valence-corrected chi connectivity index (χ0v) is 20.9. The van der Waals surface area contributed by atoms with E-state index in [1.54, 1.807) is 0 Å². The fourth-order valence-electron chi connectivity index (χ4n) is 4.97. The van der Waals surface area contributed by atoms with Crippen LogP contribution in [0.25, 0.3) is 16.6 Å². The number of amides is 1. The van der Waals surface area contributed by atoms with Crippen LogP contribution in [0.3, 0.4) is 0 Å². The average molecular weight is 493 g/mol. The number of aliphatic imine (C=N–C) groups is 1. The van der Waals surface area contributed by atoms with Gasteiger partial charge in [0.05, 0.1) is 11.7 Å². The Labute approximate surface area is 209 Å². The summed E-state index contributed by atoms with van der Waals surface area (Å²) in [5, 5.41) is 8.00. The average Bonchev–Trinajstić information content (AvgIpc) is 3.34. The number of fused-ring (bicyclic) bond motifs is 1. The third kappa shape index (κ3) is 4.10. The molecule has 4 N–H and O–H groups in total. The van der Waals surface area contributed by atoms with Gasteiger partial charge in [0, 0.05) is 49.0 Å². The highest BCUT2D eigenvalue weighted by Crippen LogP contribution is 2.32. The largest absolute Gasteiger partial charge is 0.382 e. The molecule has 3 aromatic rings. The van der Waals surface area contributed by atoms with Gasteiger partial charge in [-0.25, -0.2) is 9.97 Å². The van der Waals surface area contributed by atoms with Crippen molar-refractivity contribution in [1.29, 1.82) is 0 Å². The minimum Gasteiger partial charge on any atom is -0.382 e. The number of aromatic nitrogens is 3. The number of piperidine rings is 1. The van der Waals surface area contributed by atoms with E-state index in [2.05, 4.69) is 80.7 Å². The highest BCUT2D eigenvalue weighted by Gasteiger charge is 2.40. The van der Waals surface area contributed by atoms with E-state index in [1.807, 2.05) is 0 Å². The van der Waals surface area contributed by atoms with Gasteiger partial charge in [0.2, 0.25) is 0 Å². The molecule has 4 heterocycles. The van der Waals surface area contributed by atoms with Crippen LogP contribution in [0.15, 0.2) is 36.0 Å². The lowest BCUT2D eigenvalue weighted by molar-refractivity contribution is 0.0998. The highest BCUT2D eigenvalue weighted by atomic mass is 35.5. The summed E-state index contributed by atoms with van der Waals surface area (Å²) in [7, 11) is 2.11. The first-order valence-electron chi connectivity index (χ1n) is 11.6. The Bertz CT molecular complexity index is 1380. The summed E-state index contributed by atoms with van der Waals surface area (Å²) < 4.78 is 2.23. The maximum absolute atomic E-state index is 12.6. The van der Waals surface area contributed by atoms with Crippen molar-refractivity contribution in [3.63, 3.8) is 0 Å². The van der Waals surface area contributed by atoms with Crippen LogP contribution < -0.4 is 16.4 Å². The fourth-order valence-corrected chi connectivity index (χ4v) is 5.11. The first kappa shape index (κ1) is 23.2. The number of rotatable bonds is 3. The third-order valence-corrected chi connectivity index (χ3v) is 7.59. The standard InChI is InChI=1S/C25H29ClN8O/c1-14-15(2)33(4)19-6-5-17(11-18(14)19)16(3)34-9-7-25(8-10-34)13-29-24(32-25)31-23(35)21-22(27)28-12-20(26)30-21/h5-6,11-12H,3,7-10,13H2,1-2,4H3,(H2,27,28)(H2,29,31,32,35). The number of nitrogens with zero attached hydrogens (tertiary/aromatic N) is 5. The summed E-state index contributed by atoms with van der Waals surface area (Å²) in [5.41, 5.74) is 11.5. The number of carbonyl (C=O) groups excluding carboxylic acids is 1. The Morgan fingerprint density at radius 3 is 2.77 bits per heavy atom. The molecule has 2 aliphatic heterocycles. The van der Waals surface area contributed by atoms with Crippen LogP contribution in [0.2, 0.25) is 5.15 Å². The molecule has 1 aromatic carbocycles. The van der Waals surface area contributed by atoms with Crippen molar-refractivity contribution in [2.45, 2.75) is 32.2 Å². The number of nitrogens with one attached hydrogen (secondary N) is 2. The number of guanidine groups is 1. The number of likely N-dealkylation sites (tertiary alicyclic amines) is 1. The van der Waals surface area contributed by atoms with Gasteiger partial charge in [0.25, 0.3) is 0 Å². The molecule has 0 radical (unpaired) electrons. The zero-order chi connectivity index (χ0) is 24.9. The minimum absolute atomic E-state index is 0.00215. The molecule has 2 aliphatic rings. The van der Waals surface area contributed by atoms with Gasteiger partial charge in [0.15, 0.2) is 17.5 Å². The van der Waals surface area contributed by atoms with Crippen LogP contribution in [-0.4, -0.2) is 56.5 Å². The Kier molecular flexibility index (Phi) is 5.67. The zero-order valence-electron chi connectivity index (χ0n) is 20.2. The summed E-state index contributed by atoms with van der Waals surface area (Å²) in [6.45, 7) is 11.1. The molecule has 35 heavy (non-hydrogen) atoms. The molecule has 182 valence electrons. The second-order valence-electron chi connectivity index (χ2n) is 9.39. The molecule has 9 nitrogen and oxygen atoms in total. The van der Waals surface area contributed by atoms with Crippen molar-refractivity contribution in [3.8, 4) is 0 Å². The molecular formula is C25H29ClN8O. The molecule has 1 amide bonds. The molecule has 5 rings (SSSR count). The van der Waals surface area contributed by atoms with Crippen LogP contribution in [0.5, 0.6) is 0 Å². The summed E-state index contributed by atoms with van der Waals surface area (Å²) in [5.74, 6) is -0.164. The lowest BCUT2D eigenvalue weighted by Gasteiger charge is -2.40. The molecule has 1 spiro atoms. The number of aryl methyl sites for hydroxylation is 2. The Morgan fingerprint density at radius 2 is 2.03 bits per heavy atom. The smallest absolute Gasteiger partial charge is 0.302 e. The topological polar surface area (TPSA) is 113 Å². The van der Waals surface area contributed by atoms with Crippen LogP contribution >= 0.6 is 11.6 Å². The fraction of sp³-hybridized carbons (Fsp3) is 0.360. The number of benzene rings is 1. The maximum Gasteiger partial charge on any atom is 0.302 e. The summed E-state index contributed by atoms with van der Waals surface area (Å²) in [6, 6.07) is 6.59. The molecule has 0 saturated carbocycles. The van der Waals surface area contributed by atoms with Crippen molar-refractivity contribution in [2.24, 2.45) is 12.0 Å². The number of nitrogens with two attached hydrogens (primary N) is 1. The van der Waals surface area contributed by atoms with Gasteiger partial charge < -0.3 is 25.8 Å². The first-order valence-corrected chi connectivity index (χ1v) is 12.0. The number of anilines is 1. The van der Waals surface area contributed by atoms with Crippen LogP contribution in [-0.2, 0) is 7.05 Å². The summed E-state index contributed by atoms with van der Waals surface area (Å²) in [4.78, 5) is 26.8. The van der Waals surface area contributed by atoms with E-state index in [0.717, 1.165) is 37.2 Å². The number of hydrogen-bond acceptors (Lipinski definition) is 5. The van der Waals surface area contributed by atoms with Crippen molar-refractivity contribution in [1.82, 2.24) is 30.1 Å². The maximum atomic E-state index is 12.6. The lowest BCUT2D eigenvalue weighted by Crippen LogP contribution is -2.52. The van der Waals surface area contributed by atoms with E-state index in [1.165, 1.54) is 28.4 Å². The molecule has 0 atom stereocenters. The van der Waals surface area contributed by atoms with Crippen molar-refractivity contribution >= 4 is 45.9 Å². The second kappa shape index (κ2) is 8.57. The molecule has 10 heteroatoms. The number of carbonyl (C=O) groups is 1. The van der Waals surface area contributed by atoms with Crippen molar-refractivity contribution in [3.05, 3.63) is 58.6 Å². The Hall–Kier alpha value is -3.59. The van der Waals surface area contributed by atoms with Gasteiger partial charge in [-0.05, 0) is 49.9 Å². The van der Waals surface area contributed by atoms with Gasteiger partial charge in [-0.2, -0.15) is 4.99 Å². The first-order chi connectivity index (χ1) is 16.7. The predicted octanol–water partition coefficient (Wildman–Crippen LogP) is 3.02. The van der Waals surface area contributed by atoms with Crippen LogP contribution in [0.1, 0.15) is 40.2 Å². The summed E-state index contributed by atoms with van der Waals surface area (Å²) in [6.07, 6.45) is 3.07. The van der Waals surface area contributed by atoms with Gasteiger partial charge in [-0.3, -0.25) is 4.79 Å². The Balaban J connectivity index is 1.26. The van der Waals surface area contributed by atoms with Gasteiger partial charge in [-0.15, -0.1) is 0 Å². The molecule has 0 aliphatic carbocycles. The molecule has 2 fully saturated rings. The number of halogens is 1. The molecule has 2 saturated heterocycles.